The fourth-order valence-electron chi connectivity index (χ4n) is 3.03. The lowest BCUT2D eigenvalue weighted by Gasteiger charge is -2.07. The normalized spacial score (nSPS) is 10.8. The number of amides is 1. The van der Waals surface area contributed by atoms with E-state index in [1.165, 1.54) is 24.3 Å². The molecule has 1 heterocycles. The number of imidazole rings is 1. The fraction of sp³-hybridized carbons (Fsp3) is 0.300. The van der Waals surface area contributed by atoms with Crippen molar-refractivity contribution in [2.45, 2.75) is 19.3 Å². The molecule has 0 spiro atoms. The van der Waals surface area contributed by atoms with Crippen molar-refractivity contribution in [2.75, 3.05) is 18.4 Å². The molecule has 0 radical (unpaired) electrons. The maximum Gasteiger partial charge on any atom is 0.269 e. The van der Waals surface area contributed by atoms with Crippen LogP contribution in [0.4, 0.5) is 15.8 Å². The highest BCUT2D eigenvalue weighted by Gasteiger charge is 2.09. The van der Waals surface area contributed by atoms with Crippen LogP contribution in [0.3, 0.4) is 0 Å². The van der Waals surface area contributed by atoms with Crippen LogP contribution in [0.2, 0.25) is 0 Å². The summed E-state index contributed by atoms with van der Waals surface area (Å²) in [5.74, 6) is 0.406. The Bertz CT molecular complexity index is 1020. The summed E-state index contributed by atoms with van der Waals surface area (Å²) in [5.41, 5.74) is 2.27. The molecule has 9 heteroatoms. The highest BCUT2D eigenvalue weighted by atomic mass is 19.1. The molecule has 0 saturated carbocycles. The first-order chi connectivity index (χ1) is 13.9. The van der Waals surface area contributed by atoms with E-state index in [1.807, 2.05) is 11.6 Å². The predicted octanol–water partition coefficient (Wildman–Crippen LogP) is 3.17. The molecule has 2 aromatic carbocycles. The molecule has 2 N–H and O–H groups in total. The zero-order valence-electron chi connectivity index (χ0n) is 16.0. The highest BCUT2D eigenvalue weighted by Crippen LogP contribution is 2.17. The maximum absolute atomic E-state index is 13.3. The molecule has 0 saturated heterocycles. The molecular formula is C20H22FN5O3. The van der Waals surface area contributed by atoms with E-state index in [0.717, 1.165) is 17.0 Å². The molecule has 29 heavy (non-hydrogen) atoms. The summed E-state index contributed by atoms with van der Waals surface area (Å²) in [6.07, 6.45) is 1.56. The van der Waals surface area contributed by atoms with Crippen LogP contribution in [0.1, 0.15) is 18.7 Å². The third-order valence-corrected chi connectivity index (χ3v) is 4.59. The van der Waals surface area contributed by atoms with Gasteiger partial charge in [-0.2, -0.15) is 0 Å². The Hall–Kier alpha value is -3.49. The van der Waals surface area contributed by atoms with E-state index in [1.54, 1.807) is 18.2 Å². The smallest absolute Gasteiger partial charge is 0.269 e. The van der Waals surface area contributed by atoms with Gasteiger partial charge in [0.1, 0.15) is 11.6 Å². The molecule has 0 bridgehead atoms. The summed E-state index contributed by atoms with van der Waals surface area (Å²) in [5, 5.41) is 16.6. The number of fused-ring (bicyclic) bond motifs is 1. The van der Waals surface area contributed by atoms with Gasteiger partial charge >= 0.3 is 0 Å². The summed E-state index contributed by atoms with van der Waals surface area (Å²) in [6, 6.07) is 10.6. The monoisotopic (exact) mass is 399 g/mol. The average Bonchev–Trinajstić information content (AvgIpc) is 3.00. The molecule has 1 aromatic heterocycles. The molecule has 1 amide bonds. The minimum absolute atomic E-state index is 0.0423. The SMILES string of the molecule is Cn1c(CCNC(=O)CCCNc2ccc([N+](=O)[O-])cc2)nc2cc(F)ccc21. The van der Waals surface area contributed by atoms with Crippen molar-refractivity contribution in [3.63, 3.8) is 0 Å². The van der Waals surface area contributed by atoms with Crippen LogP contribution >= 0.6 is 0 Å². The number of nitro benzene ring substituents is 1. The van der Waals surface area contributed by atoms with Crippen molar-refractivity contribution in [1.82, 2.24) is 14.9 Å². The molecule has 0 aliphatic rings. The van der Waals surface area contributed by atoms with Gasteiger partial charge < -0.3 is 15.2 Å². The first-order valence-corrected chi connectivity index (χ1v) is 9.30. The maximum atomic E-state index is 13.3. The van der Waals surface area contributed by atoms with Gasteiger partial charge in [0.15, 0.2) is 0 Å². The van der Waals surface area contributed by atoms with E-state index in [0.29, 0.717) is 37.9 Å². The standard InChI is InChI=1S/C20H22FN5O3/c1-25-18-9-4-14(21)13-17(18)24-19(25)10-12-23-20(27)3-2-11-22-15-5-7-16(8-6-15)26(28)29/h4-9,13,22H,2-3,10-12H2,1H3,(H,23,27). The number of hydrogen-bond acceptors (Lipinski definition) is 5. The van der Waals surface area contributed by atoms with Gasteiger partial charge in [0.2, 0.25) is 5.91 Å². The number of hydrogen-bond donors (Lipinski definition) is 2. The summed E-state index contributed by atoms with van der Waals surface area (Å²) in [7, 11) is 1.87. The van der Waals surface area contributed by atoms with Crippen molar-refractivity contribution >= 4 is 28.3 Å². The molecule has 0 aliphatic heterocycles. The van der Waals surface area contributed by atoms with E-state index in [-0.39, 0.29) is 17.4 Å². The molecule has 152 valence electrons. The Labute approximate surface area is 166 Å². The van der Waals surface area contributed by atoms with Crippen LogP contribution in [-0.2, 0) is 18.3 Å². The fourth-order valence-corrected chi connectivity index (χ4v) is 3.03. The number of non-ortho nitro benzene ring substituents is 1. The Kier molecular flexibility index (Phi) is 6.38. The number of halogens is 1. The van der Waals surface area contributed by atoms with Crippen molar-refractivity contribution in [3.05, 3.63) is 64.2 Å². The van der Waals surface area contributed by atoms with E-state index >= 15 is 0 Å². The lowest BCUT2D eigenvalue weighted by Crippen LogP contribution is -2.26. The first kappa shape index (κ1) is 20.2. The van der Waals surface area contributed by atoms with Crippen molar-refractivity contribution in [2.24, 2.45) is 7.05 Å². The molecular weight excluding hydrogens is 377 g/mol. The third-order valence-electron chi connectivity index (χ3n) is 4.59. The van der Waals surface area contributed by atoms with Gasteiger partial charge in [0.05, 0.1) is 16.0 Å². The molecule has 8 nitrogen and oxygen atoms in total. The molecule has 0 fully saturated rings. The third kappa shape index (κ3) is 5.28. The number of nitrogens with one attached hydrogen (secondary N) is 2. The number of carbonyl (C=O) groups is 1. The van der Waals surface area contributed by atoms with Crippen LogP contribution in [0.15, 0.2) is 42.5 Å². The van der Waals surface area contributed by atoms with E-state index < -0.39 is 4.92 Å². The number of anilines is 1. The van der Waals surface area contributed by atoms with Crippen LogP contribution in [0, 0.1) is 15.9 Å². The van der Waals surface area contributed by atoms with Gasteiger partial charge in [-0.1, -0.05) is 0 Å². The van der Waals surface area contributed by atoms with E-state index in [2.05, 4.69) is 15.6 Å². The van der Waals surface area contributed by atoms with Gasteiger partial charge in [-0.3, -0.25) is 14.9 Å². The van der Waals surface area contributed by atoms with Gasteiger partial charge in [-0.15, -0.1) is 0 Å². The lowest BCUT2D eigenvalue weighted by atomic mass is 10.2. The highest BCUT2D eigenvalue weighted by molar-refractivity contribution is 5.76. The summed E-state index contributed by atoms with van der Waals surface area (Å²) < 4.78 is 15.2. The Balaban J connectivity index is 1.37. The first-order valence-electron chi connectivity index (χ1n) is 9.30. The molecule has 3 aromatic rings. The van der Waals surface area contributed by atoms with Crippen molar-refractivity contribution < 1.29 is 14.1 Å². The predicted molar refractivity (Wildman–Crippen MR) is 108 cm³/mol. The van der Waals surface area contributed by atoms with Crippen molar-refractivity contribution in [3.8, 4) is 0 Å². The van der Waals surface area contributed by atoms with Gasteiger partial charge in [-0.05, 0) is 30.7 Å². The van der Waals surface area contributed by atoms with Gasteiger partial charge in [0.25, 0.3) is 5.69 Å². The summed E-state index contributed by atoms with van der Waals surface area (Å²) in [4.78, 5) is 26.6. The number of nitro groups is 1. The number of aromatic nitrogens is 2. The summed E-state index contributed by atoms with van der Waals surface area (Å²) >= 11 is 0. The zero-order chi connectivity index (χ0) is 20.8. The number of rotatable bonds is 9. The zero-order valence-corrected chi connectivity index (χ0v) is 16.0. The second-order valence-corrected chi connectivity index (χ2v) is 6.65. The lowest BCUT2D eigenvalue weighted by molar-refractivity contribution is -0.384. The van der Waals surface area contributed by atoms with Crippen LogP contribution < -0.4 is 10.6 Å². The van der Waals surface area contributed by atoms with Crippen LogP contribution in [0.25, 0.3) is 11.0 Å². The van der Waals surface area contributed by atoms with Crippen LogP contribution in [-0.4, -0.2) is 33.5 Å². The Morgan fingerprint density at radius 1 is 1.21 bits per heavy atom. The number of nitrogens with zero attached hydrogens (tertiary/aromatic N) is 3. The quantitative estimate of drug-likeness (QED) is 0.327. The second kappa shape index (κ2) is 9.13. The molecule has 0 atom stereocenters. The summed E-state index contributed by atoms with van der Waals surface area (Å²) in [6.45, 7) is 1.04. The van der Waals surface area contributed by atoms with Crippen LogP contribution in [0.5, 0.6) is 0 Å². The second-order valence-electron chi connectivity index (χ2n) is 6.65. The average molecular weight is 399 g/mol. The largest absolute Gasteiger partial charge is 0.385 e. The molecule has 0 aliphatic carbocycles. The van der Waals surface area contributed by atoms with Gasteiger partial charge in [-0.25, -0.2) is 9.37 Å². The van der Waals surface area contributed by atoms with E-state index in [4.69, 9.17) is 0 Å². The van der Waals surface area contributed by atoms with Crippen molar-refractivity contribution in [1.29, 1.82) is 0 Å². The number of carbonyl (C=O) groups excluding carboxylic acids is 1. The van der Waals surface area contributed by atoms with E-state index in [9.17, 15) is 19.3 Å². The number of aryl methyl sites for hydroxylation is 1. The molecule has 0 unspecified atom stereocenters. The minimum atomic E-state index is -0.444. The van der Waals surface area contributed by atoms with Gasteiger partial charge in [0, 0.05) is 56.9 Å². The topological polar surface area (TPSA) is 102 Å². The minimum Gasteiger partial charge on any atom is -0.385 e. The Morgan fingerprint density at radius 2 is 1.97 bits per heavy atom. The number of benzene rings is 2. The Morgan fingerprint density at radius 3 is 2.69 bits per heavy atom. The molecule has 3 rings (SSSR count).